The Balaban J connectivity index is 0.00000289. The molecule has 32 heavy (non-hydrogen) atoms. The molecule has 1 atom stereocenters. The molecule has 0 heterocycles. The van der Waals surface area contributed by atoms with Crippen molar-refractivity contribution in [2.24, 2.45) is 20.5 Å². The molecular weight excluding hydrogens is 510 g/mol. The number of nitrogens with two attached hydrogens (primary N) is 1. The SMILES string of the molecule is Nc1c(N=Nc2ccccc2)ccc2cc(S(=O)[O-])c(N=Nc3ccccc3)c(O)c12.[Mo]. The summed E-state index contributed by atoms with van der Waals surface area (Å²) in [6, 6.07) is 22.5. The number of hydrogen-bond acceptors (Lipinski definition) is 8. The Morgan fingerprint density at radius 1 is 0.812 bits per heavy atom. The molecule has 3 N–H and O–H groups in total. The predicted molar refractivity (Wildman–Crippen MR) is 118 cm³/mol. The van der Waals surface area contributed by atoms with Gasteiger partial charge in [-0.15, -0.1) is 10.2 Å². The second-order valence-corrected chi connectivity index (χ2v) is 7.38. The maximum Gasteiger partial charge on any atom is 0.154 e. The van der Waals surface area contributed by atoms with Crippen LogP contribution in [0.5, 0.6) is 5.75 Å². The monoisotopic (exact) mass is 528 g/mol. The smallest absolute Gasteiger partial charge is 0.154 e. The molecule has 4 rings (SSSR count). The van der Waals surface area contributed by atoms with E-state index >= 15 is 0 Å². The van der Waals surface area contributed by atoms with E-state index in [-0.39, 0.29) is 42.7 Å². The molecule has 4 aromatic rings. The number of azo groups is 2. The molecule has 0 spiro atoms. The Morgan fingerprint density at radius 2 is 1.38 bits per heavy atom. The zero-order valence-corrected chi connectivity index (χ0v) is 19.3. The molecule has 0 amide bonds. The number of nitrogens with zero attached hydrogens (tertiary/aromatic N) is 4. The van der Waals surface area contributed by atoms with Crippen LogP contribution >= 0.6 is 0 Å². The van der Waals surface area contributed by atoms with Crippen molar-refractivity contribution in [2.75, 3.05) is 5.73 Å². The van der Waals surface area contributed by atoms with E-state index in [4.69, 9.17) is 5.73 Å². The molecule has 10 heteroatoms. The van der Waals surface area contributed by atoms with E-state index in [2.05, 4.69) is 20.5 Å². The Kier molecular flexibility index (Phi) is 7.58. The second-order valence-electron chi connectivity index (χ2n) is 6.47. The van der Waals surface area contributed by atoms with Gasteiger partial charge in [0.2, 0.25) is 0 Å². The van der Waals surface area contributed by atoms with Gasteiger partial charge in [0.25, 0.3) is 0 Å². The van der Waals surface area contributed by atoms with E-state index in [1.54, 1.807) is 48.5 Å². The van der Waals surface area contributed by atoms with Crippen LogP contribution in [-0.4, -0.2) is 13.9 Å². The summed E-state index contributed by atoms with van der Waals surface area (Å²) < 4.78 is 23.5. The van der Waals surface area contributed by atoms with Crippen LogP contribution in [0.4, 0.5) is 28.4 Å². The van der Waals surface area contributed by atoms with Crippen LogP contribution in [0.25, 0.3) is 10.8 Å². The maximum atomic E-state index is 11.8. The normalized spacial score (nSPS) is 12.3. The van der Waals surface area contributed by atoms with Gasteiger partial charge in [-0.3, -0.25) is 4.21 Å². The van der Waals surface area contributed by atoms with Crippen molar-refractivity contribution in [3.63, 3.8) is 0 Å². The third-order valence-electron chi connectivity index (χ3n) is 4.47. The van der Waals surface area contributed by atoms with Gasteiger partial charge in [-0.25, -0.2) is 0 Å². The first-order valence-electron chi connectivity index (χ1n) is 9.15. The van der Waals surface area contributed by atoms with Crippen LogP contribution in [0.2, 0.25) is 0 Å². The fourth-order valence-electron chi connectivity index (χ4n) is 2.97. The van der Waals surface area contributed by atoms with Crippen molar-refractivity contribution in [3.05, 3.63) is 78.9 Å². The summed E-state index contributed by atoms with van der Waals surface area (Å²) in [6.45, 7) is 0. The summed E-state index contributed by atoms with van der Waals surface area (Å²) in [7, 11) is 0. The second kappa shape index (κ2) is 10.4. The van der Waals surface area contributed by atoms with Crippen LogP contribution in [0, 0.1) is 0 Å². The van der Waals surface area contributed by atoms with Crippen LogP contribution in [0.3, 0.4) is 0 Å². The Labute approximate surface area is 200 Å². The number of benzene rings is 4. The van der Waals surface area contributed by atoms with Crippen LogP contribution < -0.4 is 5.73 Å². The van der Waals surface area contributed by atoms with Crippen molar-refractivity contribution in [1.29, 1.82) is 0 Å². The van der Waals surface area contributed by atoms with E-state index in [9.17, 15) is 13.9 Å². The Morgan fingerprint density at radius 3 is 1.94 bits per heavy atom. The first-order valence-corrected chi connectivity index (χ1v) is 10.2. The molecule has 0 saturated carbocycles. The Hall–Kier alpha value is -3.26. The number of fused-ring (bicyclic) bond motifs is 1. The van der Waals surface area contributed by atoms with Gasteiger partial charge in [0.1, 0.15) is 11.4 Å². The number of anilines is 1. The van der Waals surface area contributed by atoms with Crippen LogP contribution in [-0.2, 0) is 32.1 Å². The molecule has 0 bridgehead atoms. The third kappa shape index (κ3) is 4.96. The van der Waals surface area contributed by atoms with E-state index in [1.807, 2.05) is 24.3 Å². The predicted octanol–water partition coefficient (Wildman–Crippen LogP) is 6.19. The summed E-state index contributed by atoms with van der Waals surface area (Å²) in [5.41, 5.74) is 7.66. The van der Waals surface area contributed by atoms with Crippen LogP contribution in [0.15, 0.2) is 104 Å². The minimum absolute atomic E-state index is 0. The van der Waals surface area contributed by atoms with E-state index in [1.165, 1.54) is 6.07 Å². The van der Waals surface area contributed by atoms with Crippen molar-refractivity contribution < 1.29 is 34.9 Å². The van der Waals surface area contributed by atoms with Gasteiger partial charge in [0.05, 0.1) is 27.3 Å². The first kappa shape index (κ1) is 23.4. The molecule has 0 saturated heterocycles. The molecule has 0 aromatic heterocycles. The third-order valence-corrected chi connectivity index (χ3v) is 5.14. The number of nitrogen functional groups attached to an aromatic ring is 1. The molecule has 0 aliphatic rings. The Bertz CT molecular complexity index is 1330. The van der Waals surface area contributed by atoms with Gasteiger partial charge in [-0.05, 0) is 52.9 Å². The molecule has 4 aromatic carbocycles. The molecule has 8 nitrogen and oxygen atoms in total. The van der Waals surface area contributed by atoms with Gasteiger partial charge in [0.15, 0.2) is 5.75 Å². The minimum Gasteiger partial charge on any atom is -0.768 e. The average Bonchev–Trinajstić information content (AvgIpc) is 2.79. The van der Waals surface area contributed by atoms with E-state index in [0.29, 0.717) is 22.4 Å². The average molecular weight is 526 g/mol. The van der Waals surface area contributed by atoms with Gasteiger partial charge in [0, 0.05) is 21.1 Å². The number of phenolic OH excluding ortho intramolecular Hbond substituents is 1. The summed E-state index contributed by atoms with van der Waals surface area (Å²) in [6.07, 6.45) is 0. The molecular formula is C22H16MoN5O3S-. The summed E-state index contributed by atoms with van der Waals surface area (Å²) in [5.74, 6) is -0.398. The maximum absolute atomic E-state index is 11.8. The topological polar surface area (TPSA) is 136 Å². The molecule has 160 valence electrons. The van der Waals surface area contributed by atoms with Crippen LogP contribution in [0.1, 0.15) is 0 Å². The van der Waals surface area contributed by atoms with Gasteiger partial charge >= 0.3 is 0 Å². The summed E-state index contributed by atoms with van der Waals surface area (Å²) in [5, 5.41) is 27.8. The minimum atomic E-state index is -2.65. The molecule has 0 fully saturated rings. The summed E-state index contributed by atoms with van der Waals surface area (Å²) in [4.78, 5) is -0.192. The number of phenols is 1. The van der Waals surface area contributed by atoms with E-state index in [0.717, 1.165) is 0 Å². The van der Waals surface area contributed by atoms with Gasteiger partial charge < -0.3 is 15.4 Å². The van der Waals surface area contributed by atoms with Gasteiger partial charge in [-0.2, -0.15) is 10.2 Å². The quantitative estimate of drug-likeness (QED) is 0.139. The van der Waals surface area contributed by atoms with Crippen molar-refractivity contribution in [1.82, 2.24) is 0 Å². The summed E-state index contributed by atoms with van der Waals surface area (Å²) >= 11 is -2.65. The molecule has 1 unspecified atom stereocenters. The first-order chi connectivity index (χ1) is 15.0. The van der Waals surface area contributed by atoms with E-state index < -0.39 is 16.8 Å². The fourth-order valence-corrected chi connectivity index (χ4v) is 3.49. The molecule has 0 radical (unpaired) electrons. The standard InChI is InChI=1S/C22H17N5O3S.Mo/c23-20-17(26-24-15-7-3-1-4-8-15)12-11-14-13-18(31(29)30)21(22(28)19(14)20)27-25-16-9-5-2-6-10-16;/h1-13,28H,23H2,(H,29,30);/p-1. The largest absolute Gasteiger partial charge is 0.768 e. The van der Waals surface area contributed by atoms with Crippen molar-refractivity contribution >= 4 is 50.3 Å². The van der Waals surface area contributed by atoms with Crippen molar-refractivity contribution in [2.45, 2.75) is 4.90 Å². The number of aromatic hydroxyl groups is 1. The zero-order valence-electron chi connectivity index (χ0n) is 16.5. The number of hydrogen-bond donors (Lipinski definition) is 2. The fraction of sp³-hybridized carbons (Fsp3) is 0. The number of rotatable bonds is 5. The van der Waals surface area contributed by atoms with Gasteiger partial charge in [-0.1, -0.05) is 42.5 Å². The molecule has 0 aliphatic carbocycles. The van der Waals surface area contributed by atoms with Crippen molar-refractivity contribution in [3.8, 4) is 5.75 Å². The zero-order chi connectivity index (χ0) is 21.8. The molecule has 0 aliphatic heterocycles.